The van der Waals surface area contributed by atoms with Crippen molar-refractivity contribution in [3.05, 3.63) is 48.9 Å². The Morgan fingerprint density at radius 1 is 0.867 bits per heavy atom. The molecular formula is C12H10N2O. The summed E-state index contributed by atoms with van der Waals surface area (Å²) in [5, 5.41) is 3.46. The summed E-state index contributed by atoms with van der Waals surface area (Å²) in [6.45, 7) is 0. The van der Waals surface area contributed by atoms with Gasteiger partial charge in [-0.05, 0) is 17.5 Å². The Hall–Kier alpha value is -2.00. The van der Waals surface area contributed by atoms with Gasteiger partial charge < -0.3 is 5.48 Å². The Morgan fingerprint density at radius 3 is 2.67 bits per heavy atom. The Morgan fingerprint density at radius 2 is 1.73 bits per heavy atom. The molecule has 3 rings (SSSR count). The van der Waals surface area contributed by atoms with Crippen molar-refractivity contribution >= 4 is 21.7 Å². The van der Waals surface area contributed by atoms with E-state index >= 15 is 0 Å². The van der Waals surface area contributed by atoms with Gasteiger partial charge in [-0.1, -0.05) is 18.2 Å². The van der Waals surface area contributed by atoms with Crippen LogP contribution in [-0.2, 0) is 0 Å². The minimum absolute atomic E-state index is 0. The van der Waals surface area contributed by atoms with Gasteiger partial charge in [-0.25, -0.2) is 0 Å². The molecule has 0 aliphatic rings. The molecule has 2 aromatic heterocycles. The van der Waals surface area contributed by atoms with E-state index in [1.54, 1.807) is 6.20 Å². The van der Waals surface area contributed by atoms with E-state index in [2.05, 4.69) is 28.2 Å². The van der Waals surface area contributed by atoms with Crippen LogP contribution in [0.5, 0.6) is 0 Å². The normalized spacial score (nSPS) is 10.1. The molecule has 2 heterocycles. The van der Waals surface area contributed by atoms with Crippen molar-refractivity contribution in [3.8, 4) is 0 Å². The van der Waals surface area contributed by atoms with E-state index in [9.17, 15) is 0 Å². The number of fused-ring (bicyclic) bond motifs is 3. The first-order chi connectivity index (χ1) is 6.95. The molecule has 3 nitrogen and oxygen atoms in total. The van der Waals surface area contributed by atoms with Crippen LogP contribution in [0, 0.1) is 0 Å². The summed E-state index contributed by atoms with van der Waals surface area (Å²) in [5.74, 6) is 0. The van der Waals surface area contributed by atoms with Crippen LogP contribution in [0.1, 0.15) is 0 Å². The van der Waals surface area contributed by atoms with Gasteiger partial charge in [-0.15, -0.1) is 0 Å². The fourth-order valence-corrected chi connectivity index (χ4v) is 1.71. The predicted octanol–water partition coefficient (Wildman–Crippen LogP) is 1.96. The number of nitrogens with zero attached hydrogens (tertiary/aromatic N) is 2. The molecule has 3 heteroatoms. The minimum Gasteiger partial charge on any atom is -0.412 e. The maximum absolute atomic E-state index is 4.37. The Kier molecular flexibility index (Phi) is 2.31. The third-order valence-electron chi connectivity index (χ3n) is 2.39. The third-order valence-corrected chi connectivity index (χ3v) is 2.39. The molecule has 15 heavy (non-hydrogen) atoms. The molecule has 0 aliphatic carbocycles. The molecule has 0 saturated carbocycles. The molecule has 0 saturated heterocycles. The van der Waals surface area contributed by atoms with Crippen molar-refractivity contribution in [2.24, 2.45) is 0 Å². The zero-order valence-electron chi connectivity index (χ0n) is 8.01. The van der Waals surface area contributed by atoms with Crippen molar-refractivity contribution in [3.63, 3.8) is 0 Å². The monoisotopic (exact) mass is 198 g/mol. The van der Waals surface area contributed by atoms with Gasteiger partial charge in [0.25, 0.3) is 0 Å². The van der Waals surface area contributed by atoms with Crippen LogP contribution >= 0.6 is 0 Å². The van der Waals surface area contributed by atoms with E-state index in [0.29, 0.717) is 0 Å². The highest BCUT2D eigenvalue weighted by atomic mass is 16.0. The lowest BCUT2D eigenvalue weighted by atomic mass is 10.1. The summed E-state index contributed by atoms with van der Waals surface area (Å²) in [5.41, 5.74) is 1.03. The molecular weight excluding hydrogens is 188 g/mol. The zero-order valence-corrected chi connectivity index (χ0v) is 8.01. The average Bonchev–Trinajstić information content (AvgIpc) is 2.29. The number of hydrogen-bond acceptors (Lipinski definition) is 2. The molecule has 74 valence electrons. The first kappa shape index (κ1) is 9.55. The van der Waals surface area contributed by atoms with Crippen LogP contribution in [0.3, 0.4) is 0 Å². The molecule has 0 radical (unpaired) electrons. The van der Waals surface area contributed by atoms with Crippen molar-refractivity contribution in [2.75, 3.05) is 0 Å². The largest absolute Gasteiger partial charge is 0.412 e. The number of hydrogen-bond donors (Lipinski definition) is 0. The molecule has 0 atom stereocenters. The lowest BCUT2D eigenvalue weighted by Gasteiger charge is -2.00. The number of benzene rings is 1. The van der Waals surface area contributed by atoms with Gasteiger partial charge in [0.2, 0.25) is 0 Å². The van der Waals surface area contributed by atoms with Crippen LogP contribution in [0.25, 0.3) is 21.7 Å². The summed E-state index contributed by atoms with van der Waals surface area (Å²) in [4.78, 5) is 8.49. The van der Waals surface area contributed by atoms with Crippen molar-refractivity contribution in [1.82, 2.24) is 9.97 Å². The Bertz CT molecular complexity index is 553. The summed E-state index contributed by atoms with van der Waals surface area (Å²) in [6, 6.07) is 10.2. The van der Waals surface area contributed by atoms with E-state index in [1.165, 1.54) is 5.39 Å². The maximum Gasteiger partial charge on any atom is 0.0795 e. The maximum atomic E-state index is 4.37. The van der Waals surface area contributed by atoms with Crippen LogP contribution in [-0.4, -0.2) is 15.4 Å². The van der Waals surface area contributed by atoms with Gasteiger partial charge >= 0.3 is 0 Å². The summed E-state index contributed by atoms with van der Waals surface area (Å²) in [6.07, 6.45) is 5.48. The molecule has 0 aliphatic heterocycles. The molecule has 0 fully saturated rings. The SMILES string of the molecule is O.c1cnc2c(c1)ccc1ccncc12. The summed E-state index contributed by atoms with van der Waals surface area (Å²) < 4.78 is 0. The predicted molar refractivity (Wildman–Crippen MR) is 60.7 cm³/mol. The van der Waals surface area contributed by atoms with Gasteiger partial charge in [0, 0.05) is 29.4 Å². The number of pyridine rings is 2. The second-order valence-corrected chi connectivity index (χ2v) is 3.24. The molecule has 0 spiro atoms. The van der Waals surface area contributed by atoms with Gasteiger partial charge in [0.15, 0.2) is 0 Å². The zero-order chi connectivity index (χ0) is 9.38. The van der Waals surface area contributed by atoms with E-state index in [4.69, 9.17) is 0 Å². The molecule has 0 bridgehead atoms. The molecule has 0 amide bonds. The first-order valence-electron chi connectivity index (χ1n) is 4.52. The summed E-state index contributed by atoms with van der Waals surface area (Å²) in [7, 11) is 0. The van der Waals surface area contributed by atoms with Crippen LogP contribution in [0.2, 0.25) is 0 Å². The lowest BCUT2D eigenvalue weighted by molar-refractivity contribution is 0.824. The van der Waals surface area contributed by atoms with Gasteiger partial charge in [-0.3, -0.25) is 9.97 Å². The van der Waals surface area contributed by atoms with E-state index in [0.717, 1.165) is 16.3 Å². The standard InChI is InChI=1S/C12H8N2.H2O/c1-2-10-4-3-9-5-7-13-8-11(9)12(10)14-6-1;/h1-8H;1H2. The van der Waals surface area contributed by atoms with Crippen molar-refractivity contribution in [1.29, 1.82) is 0 Å². The fourth-order valence-electron chi connectivity index (χ4n) is 1.71. The van der Waals surface area contributed by atoms with Gasteiger partial charge in [0.1, 0.15) is 0 Å². The molecule has 3 aromatic rings. The average molecular weight is 198 g/mol. The number of aromatic nitrogens is 2. The molecule has 1 aromatic carbocycles. The topological polar surface area (TPSA) is 57.3 Å². The van der Waals surface area contributed by atoms with E-state index in [-0.39, 0.29) is 5.48 Å². The summed E-state index contributed by atoms with van der Waals surface area (Å²) >= 11 is 0. The second-order valence-electron chi connectivity index (χ2n) is 3.24. The quantitative estimate of drug-likeness (QED) is 0.518. The fraction of sp³-hybridized carbons (Fsp3) is 0. The van der Waals surface area contributed by atoms with Crippen LogP contribution in [0.15, 0.2) is 48.9 Å². The molecule has 0 unspecified atom stereocenters. The highest BCUT2D eigenvalue weighted by molar-refractivity contribution is 6.04. The first-order valence-corrected chi connectivity index (χ1v) is 4.52. The van der Waals surface area contributed by atoms with Crippen LogP contribution in [0.4, 0.5) is 0 Å². The van der Waals surface area contributed by atoms with E-state index < -0.39 is 0 Å². The van der Waals surface area contributed by atoms with Gasteiger partial charge in [0.05, 0.1) is 5.52 Å². The Labute approximate surface area is 86.7 Å². The number of rotatable bonds is 0. The van der Waals surface area contributed by atoms with Crippen molar-refractivity contribution < 1.29 is 5.48 Å². The smallest absolute Gasteiger partial charge is 0.0795 e. The second kappa shape index (κ2) is 3.63. The lowest BCUT2D eigenvalue weighted by Crippen LogP contribution is -1.81. The van der Waals surface area contributed by atoms with Crippen molar-refractivity contribution in [2.45, 2.75) is 0 Å². The molecule has 2 N–H and O–H groups in total. The van der Waals surface area contributed by atoms with Gasteiger partial charge in [-0.2, -0.15) is 0 Å². The highest BCUT2D eigenvalue weighted by Crippen LogP contribution is 2.21. The third kappa shape index (κ3) is 1.43. The van der Waals surface area contributed by atoms with E-state index in [1.807, 2.05) is 24.5 Å². The van der Waals surface area contributed by atoms with Crippen LogP contribution < -0.4 is 0 Å². The highest BCUT2D eigenvalue weighted by Gasteiger charge is 1.99. The Balaban J connectivity index is 0.000000853. The minimum atomic E-state index is 0.